The van der Waals surface area contributed by atoms with E-state index < -0.39 is 36.1 Å². The molecule has 1 aliphatic rings. The zero-order valence-electron chi connectivity index (χ0n) is 74.3. The quantitative estimate of drug-likeness (QED) is 0.00147. The summed E-state index contributed by atoms with van der Waals surface area (Å²) in [6, 6.07) is 59.2. The van der Waals surface area contributed by atoms with Gasteiger partial charge in [-0.2, -0.15) is 47.2 Å². The number of thiol groups is 4. The molecular formula is C86H118N6O24S16. The van der Waals surface area contributed by atoms with Crippen LogP contribution in [0.25, 0.3) is 24.3 Å². The molecule has 46 heteroatoms. The molecule has 0 spiro atoms. The van der Waals surface area contributed by atoms with Gasteiger partial charge in [0.2, 0.25) is 0 Å². The summed E-state index contributed by atoms with van der Waals surface area (Å²) in [6.45, 7) is 19.3. The van der Waals surface area contributed by atoms with Gasteiger partial charge in [-0.05, 0) is 279 Å². The highest BCUT2D eigenvalue weighted by Gasteiger charge is 2.14. The Labute approximate surface area is 835 Å². The fraction of sp³-hybridized carbons (Fsp3) is 0.302. The molecule has 0 saturated carbocycles. The SMILES string of the molecule is C=C(CCSSC)OO.CC1NCCCN1.CN.CSCCCSOOO.CSSCCCCSOOO.Cc1cc(N=Nc2ccc(S)cc2)cc(S(=O)(=O)O)c1.Cc1cc(S)cc(OCCS(=O)(=O)O)c1.Cc1cc(SOOO)cc(S(=O)(=O)O)c1.Cc1ccc(C=Cc2ccc(N)cc2)cc1.Cc1ccc(C=Cc2ccc(S)cc2)cc1.Cc1ccc(SOOO)cc1S. The number of rotatable bonds is 37. The number of ether oxygens (including phenoxy) is 1. The minimum atomic E-state index is -4.25. The summed E-state index contributed by atoms with van der Waals surface area (Å²) in [5.74, 6) is 5.48. The smallest absolute Gasteiger partial charge is 0.294 e. The topological polar surface area (TPSA) is 457 Å². The Hall–Kier alpha value is -5.16. The van der Waals surface area contributed by atoms with Crippen molar-refractivity contribution in [3.63, 3.8) is 0 Å². The number of nitrogen functional groups attached to an aromatic ring is 1. The molecule has 0 unspecified atom stereocenters. The Balaban J connectivity index is 0.00000146. The number of nitrogens with two attached hydrogens (primary N) is 2. The minimum absolute atomic E-state index is 0.0739. The zero-order chi connectivity index (χ0) is 99.0. The maximum Gasteiger partial charge on any atom is 0.294 e. The monoisotopic (exact) mass is 2130 g/mol. The molecule has 10 rings (SSSR count). The molecule has 14 N–H and O–H groups in total. The Morgan fingerprint density at radius 1 is 0.477 bits per heavy atom. The molecule has 1 aliphatic heterocycles. The summed E-state index contributed by atoms with van der Waals surface area (Å²) >= 11 is 22.3. The number of nitrogens with one attached hydrogen (secondary N) is 2. The van der Waals surface area contributed by atoms with E-state index in [1.165, 1.54) is 90.8 Å². The molecule has 1 fully saturated rings. The Morgan fingerprint density at radius 2 is 0.917 bits per heavy atom. The molecule has 1 heterocycles. The summed E-state index contributed by atoms with van der Waals surface area (Å²) < 4.78 is 113. The molecule has 9 aromatic carbocycles. The number of hydrogen-bond donors (Lipinski definition) is 16. The van der Waals surface area contributed by atoms with Crippen molar-refractivity contribution in [2.45, 2.75) is 126 Å². The van der Waals surface area contributed by atoms with Gasteiger partial charge in [-0.15, -0.1) is 67.9 Å². The summed E-state index contributed by atoms with van der Waals surface area (Å²) in [4.78, 5) is 8.06. The van der Waals surface area contributed by atoms with Crippen LogP contribution in [0, 0.1) is 41.5 Å². The van der Waals surface area contributed by atoms with Crippen LogP contribution in [0.2, 0.25) is 0 Å². The highest BCUT2D eigenvalue weighted by Crippen LogP contribution is 2.29. The van der Waals surface area contributed by atoms with Gasteiger partial charge >= 0.3 is 0 Å². The van der Waals surface area contributed by atoms with Gasteiger partial charge in [0.05, 0.1) is 51.4 Å². The van der Waals surface area contributed by atoms with Crippen molar-refractivity contribution in [1.29, 1.82) is 0 Å². The number of benzene rings is 9. The van der Waals surface area contributed by atoms with Gasteiger partial charge < -0.3 is 31.7 Å². The van der Waals surface area contributed by atoms with E-state index in [2.05, 4.69) is 238 Å². The number of hydrogen-bond acceptors (Lipinski definition) is 40. The number of aryl methyl sites for hydroxylation is 6. The second-order valence-corrected chi connectivity index (χ2v) is 42.2. The third kappa shape index (κ3) is 70.5. The van der Waals surface area contributed by atoms with Crippen LogP contribution in [0.5, 0.6) is 5.75 Å². The summed E-state index contributed by atoms with van der Waals surface area (Å²) in [6.07, 6.45) is 20.4. The van der Waals surface area contributed by atoms with Gasteiger partial charge in [-0.1, -0.05) is 184 Å². The molecule has 132 heavy (non-hydrogen) atoms. The third-order valence-corrected chi connectivity index (χ3v) is 25.8. The van der Waals surface area contributed by atoms with Gasteiger partial charge in [-0.25, -0.2) is 26.3 Å². The Bertz CT molecular complexity index is 4790. The lowest BCUT2D eigenvalue weighted by Gasteiger charge is -2.20. The molecule has 9 aromatic rings. The summed E-state index contributed by atoms with van der Waals surface area (Å²) in [5.41, 5.74) is 22.6. The molecule has 732 valence electrons. The fourth-order valence-electron chi connectivity index (χ4n) is 9.10. The average molecular weight is 2130 g/mol. The second-order valence-electron chi connectivity index (χ2n) is 26.3. The van der Waals surface area contributed by atoms with E-state index in [-0.39, 0.29) is 16.4 Å². The summed E-state index contributed by atoms with van der Waals surface area (Å²) in [7, 11) is -3.90. The second kappa shape index (κ2) is 78.7. The minimum Gasteiger partial charge on any atom is -0.492 e. The molecule has 0 radical (unpaired) electrons. The van der Waals surface area contributed by atoms with Crippen molar-refractivity contribution in [3.8, 4) is 5.75 Å². The van der Waals surface area contributed by atoms with Crippen molar-refractivity contribution in [1.82, 2.24) is 10.6 Å². The van der Waals surface area contributed by atoms with Crippen LogP contribution in [0.1, 0.15) is 94.7 Å². The predicted octanol–water partition coefficient (Wildman–Crippen LogP) is 24.6. The number of thioether (sulfide) groups is 1. The summed E-state index contributed by atoms with van der Waals surface area (Å²) in [5, 5.41) is 67.4. The number of allylic oxidation sites excluding steroid dienone is 1. The number of unbranched alkanes of at least 4 members (excludes halogenated alkanes) is 1. The van der Waals surface area contributed by atoms with Crippen LogP contribution >= 0.6 is 154 Å². The van der Waals surface area contributed by atoms with E-state index in [0.29, 0.717) is 63.5 Å². The maximum atomic E-state index is 11.1. The first kappa shape index (κ1) is 127. The molecule has 30 nitrogen and oxygen atoms in total. The number of anilines is 1. The fourth-order valence-corrected chi connectivity index (χ4v) is 16.5. The first-order valence-corrected chi connectivity index (χ1v) is 55.4. The lowest BCUT2D eigenvalue weighted by molar-refractivity contribution is -0.432. The number of azo groups is 1. The largest absolute Gasteiger partial charge is 0.492 e. The van der Waals surface area contributed by atoms with E-state index in [0.717, 1.165) is 119 Å². The molecule has 0 amide bonds. The highest BCUT2D eigenvalue weighted by atomic mass is 33.1. The average Bonchev–Trinajstić information content (AvgIpc) is 0.689. The molecule has 0 aromatic heterocycles. The zero-order valence-corrected chi connectivity index (χ0v) is 87.7. The molecule has 0 aliphatic carbocycles. The van der Waals surface area contributed by atoms with E-state index in [1.807, 2.05) is 97.8 Å². The van der Waals surface area contributed by atoms with Crippen LogP contribution in [-0.2, 0) is 72.7 Å². The van der Waals surface area contributed by atoms with Gasteiger partial charge in [-0.3, -0.25) is 13.7 Å². The van der Waals surface area contributed by atoms with Crippen LogP contribution < -0.4 is 26.8 Å². The van der Waals surface area contributed by atoms with Crippen molar-refractivity contribution >= 4 is 225 Å². The van der Waals surface area contributed by atoms with E-state index in [9.17, 15) is 25.3 Å². The third-order valence-electron chi connectivity index (χ3n) is 15.4. The maximum absolute atomic E-state index is 11.1. The normalized spacial score (nSPS) is 11.5. The number of nitrogens with zero attached hydrogens (tertiary/aromatic N) is 2. The van der Waals surface area contributed by atoms with E-state index in [4.69, 9.17) is 50.4 Å². The van der Waals surface area contributed by atoms with Crippen molar-refractivity contribution in [2.75, 3.05) is 85.8 Å². The standard InChI is InChI=1S/C15H15N.C15H14S.C13H12N2O3S2.C9H12O4S2.C7H8O6S2.C7H8O3S2.C5H12N2.C5H12O3S3.C5H10O2S2.C4H10O3S2.CH5N/c2*1-12-2-4-13(5-3-12)6-7-14-8-10-15(16)11-9-14;1-9-6-11(8-13(7-9)20(16,17)18)15-14-10-2-4-12(19)5-3-10;1-7-4-8(6-9(14)5-7)13-2-3-15(10,11)12;1-5-2-6(14-13-12-8)4-7(3-5)15(9,10)11;1-5-2-3-6(4-7(5)11)12-10-9-8;1-5-6-3-2-4-7-5;1-9-11-5-3-2-4-10-8-7-6;1-5(7-6)3-4-9-8-2;1-8-3-2-4-9-7-6-5;1-2/h2-11H,16H2,1H3;2-11,16H,1H3;2-8,19H,1H3,(H,16,17,18);4-6,14H,2-3H2,1H3,(H,10,11,12);2-4,8H,1H3,(H,9,10,11);2-4,8,11H,1H3;5-7H,2-4H2,1H3;6H,2-5H2,1H3;6H,1,3-4H2,2H3;5H,2-4H2,1H3;2H2,1H3. The van der Waals surface area contributed by atoms with Crippen LogP contribution in [-0.4, -0.2) is 151 Å². The van der Waals surface area contributed by atoms with Gasteiger partial charge in [0, 0.05) is 88.6 Å². The van der Waals surface area contributed by atoms with Gasteiger partial charge in [0.25, 0.3) is 30.4 Å². The van der Waals surface area contributed by atoms with Crippen molar-refractivity contribution in [3.05, 3.63) is 262 Å². The van der Waals surface area contributed by atoms with Crippen molar-refractivity contribution in [2.24, 2.45) is 16.0 Å². The van der Waals surface area contributed by atoms with E-state index >= 15 is 0 Å². The van der Waals surface area contributed by atoms with Crippen LogP contribution in [0.4, 0.5) is 17.1 Å². The first-order valence-electron chi connectivity index (χ1n) is 38.9. The van der Waals surface area contributed by atoms with Crippen LogP contribution in [0.15, 0.2) is 256 Å². The Morgan fingerprint density at radius 3 is 1.36 bits per heavy atom. The highest BCUT2D eigenvalue weighted by molar-refractivity contribution is 8.76. The van der Waals surface area contributed by atoms with Crippen molar-refractivity contribution < 1.29 is 112 Å². The lowest BCUT2D eigenvalue weighted by Crippen LogP contribution is -2.45. The molecule has 0 atom stereocenters. The van der Waals surface area contributed by atoms with Crippen LogP contribution in [0.3, 0.4) is 0 Å². The van der Waals surface area contributed by atoms with Gasteiger partial charge in [0.15, 0.2) is 0 Å². The predicted molar refractivity (Wildman–Crippen MR) is 561 cm³/mol. The van der Waals surface area contributed by atoms with E-state index in [1.54, 1.807) is 107 Å². The molecular weight excluding hydrogens is 2010 g/mol. The van der Waals surface area contributed by atoms with Gasteiger partial charge in [0.1, 0.15) is 23.9 Å². The first-order chi connectivity index (χ1) is 62.9. The molecule has 1 saturated heterocycles. The molecule has 0 bridgehead atoms. The lowest BCUT2D eigenvalue weighted by atomic mass is 10.1. The Kier molecular flexibility index (Phi) is 75.6.